The van der Waals surface area contributed by atoms with Gasteiger partial charge in [0.05, 0.1) is 43.3 Å². The van der Waals surface area contributed by atoms with E-state index in [4.69, 9.17) is 19.2 Å². The number of hydrogen-bond donors (Lipinski definition) is 2. The molecule has 0 aliphatic carbocycles. The largest absolute Gasteiger partial charge is 0.494 e. The molecule has 0 fully saturated rings. The fraction of sp³-hybridized carbons (Fsp3) is 0.167. The van der Waals surface area contributed by atoms with E-state index in [2.05, 4.69) is 15.8 Å². The molecule has 5 rings (SSSR count). The van der Waals surface area contributed by atoms with Crippen molar-refractivity contribution < 1.29 is 23.8 Å². The summed E-state index contributed by atoms with van der Waals surface area (Å²) in [6, 6.07) is 27.4. The smallest absolute Gasteiger partial charge is 0.272 e. The number of aryl methyl sites for hydroxylation is 1. The first-order valence-corrected chi connectivity index (χ1v) is 14.4. The minimum atomic E-state index is -0.363. The lowest BCUT2D eigenvalue weighted by Gasteiger charge is -2.12. The predicted octanol–water partition coefficient (Wildman–Crippen LogP) is 7.03. The average Bonchev–Trinajstić information content (AvgIpc) is 3.06. The van der Waals surface area contributed by atoms with Crippen LogP contribution in [-0.2, 0) is 0 Å². The van der Waals surface area contributed by atoms with Gasteiger partial charge in [0, 0.05) is 22.2 Å². The molecule has 0 saturated carbocycles. The monoisotopic (exact) mass is 602 g/mol. The lowest BCUT2D eigenvalue weighted by atomic mass is 10.0. The van der Waals surface area contributed by atoms with Crippen molar-refractivity contribution in [2.24, 2.45) is 5.10 Å². The Hall–Kier alpha value is -5.70. The third-order valence-corrected chi connectivity index (χ3v) is 7.18. The minimum absolute atomic E-state index is 0.306. The molecular weight excluding hydrogens is 568 g/mol. The number of anilines is 1. The molecule has 5 aromatic rings. The van der Waals surface area contributed by atoms with Gasteiger partial charge in [0.25, 0.3) is 11.8 Å². The molecule has 9 heteroatoms. The van der Waals surface area contributed by atoms with E-state index in [1.807, 2.05) is 68.4 Å². The van der Waals surface area contributed by atoms with Crippen LogP contribution in [0.25, 0.3) is 22.2 Å². The first kappa shape index (κ1) is 30.7. The molecule has 0 spiro atoms. The summed E-state index contributed by atoms with van der Waals surface area (Å²) in [6.45, 7) is 6.28. The minimum Gasteiger partial charge on any atom is -0.494 e. The number of hydrogen-bond acceptors (Lipinski definition) is 7. The van der Waals surface area contributed by atoms with Gasteiger partial charge in [-0.05, 0) is 99.1 Å². The number of ether oxygens (including phenoxy) is 3. The molecule has 228 valence electrons. The molecule has 2 N–H and O–H groups in total. The molecule has 0 atom stereocenters. The number of pyridine rings is 1. The number of rotatable bonds is 10. The van der Waals surface area contributed by atoms with Gasteiger partial charge in [0.15, 0.2) is 11.5 Å². The summed E-state index contributed by atoms with van der Waals surface area (Å²) in [5.74, 6) is 1.09. The van der Waals surface area contributed by atoms with Gasteiger partial charge in [0.1, 0.15) is 5.75 Å². The van der Waals surface area contributed by atoms with Crippen LogP contribution in [0.1, 0.15) is 45.7 Å². The average molecular weight is 603 g/mol. The van der Waals surface area contributed by atoms with Crippen molar-refractivity contribution in [2.45, 2.75) is 20.8 Å². The number of amides is 2. The van der Waals surface area contributed by atoms with Crippen LogP contribution < -0.4 is 25.0 Å². The van der Waals surface area contributed by atoms with Crippen LogP contribution >= 0.6 is 0 Å². The highest BCUT2D eigenvalue weighted by molar-refractivity contribution is 6.09. The Balaban J connectivity index is 1.37. The molecule has 0 radical (unpaired) electrons. The summed E-state index contributed by atoms with van der Waals surface area (Å²) in [5, 5.41) is 8.02. The number of nitrogens with one attached hydrogen (secondary N) is 2. The molecule has 45 heavy (non-hydrogen) atoms. The lowest BCUT2D eigenvalue weighted by Crippen LogP contribution is -2.20. The van der Waals surface area contributed by atoms with E-state index in [0.29, 0.717) is 51.8 Å². The van der Waals surface area contributed by atoms with Crippen LogP contribution in [0.3, 0.4) is 0 Å². The summed E-state index contributed by atoms with van der Waals surface area (Å²) >= 11 is 0. The molecule has 2 amide bonds. The number of carbonyl (C=O) groups is 2. The molecule has 1 heterocycles. The van der Waals surface area contributed by atoms with Gasteiger partial charge in [0.2, 0.25) is 0 Å². The summed E-state index contributed by atoms with van der Waals surface area (Å²) in [5.41, 5.74) is 8.69. The third kappa shape index (κ3) is 7.10. The van der Waals surface area contributed by atoms with Crippen molar-refractivity contribution in [3.05, 3.63) is 113 Å². The molecule has 0 aliphatic heterocycles. The molecule has 0 unspecified atom stereocenters. The summed E-state index contributed by atoms with van der Waals surface area (Å²) < 4.78 is 16.1. The van der Waals surface area contributed by atoms with Crippen LogP contribution in [0.5, 0.6) is 17.2 Å². The Morgan fingerprint density at radius 1 is 0.822 bits per heavy atom. The Morgan fingerprint density at radius 3 is 2.33 bits per heavy atom. The van der Waals surface area contributed by atoms with E-state index in [-0.39, 0.29) is 11.8 Å². The van der Waals surface area contributed by atoms with E-state index in [1.54, 1.807) is 43.3 Å². The van der Waals surface area contributed by atoms with Crippen LogP contribution in [0.4, 0.5) is 5.69 Å². The second kappa shape index (κ2) is 13.7. The fourth-order valence-electron chi connectivity index (χ4n) is 4.83. The van der Waals surface area contributed by atoms with Crippen LogP contribution in [-0.4, -0.2) is 43.3 Å². The van der Waals surface area contributed by atoms with Crippen LogP contribution in [0.15, 0.2) is 96.1 Å². The Kier molecular flexibility index (Phi) is 9.38. The van der Waals surface area contributed by atoms with Gasteiger partial charge in [-0.25, -0.2) is 10.4 Å². The second-order valence-corrected chi connectivity index (χ2v) is 10.3. The van der Waals surface area contributed by atoms with E-state index >= 15 is 0 Å². The van der Waals surface area contributed by atoms with Crippen LogP contribution in [0, 0.1) is 6.92 Å². The fourth-order valence-corrected chi connectivity index (χ4v) is 4.83. The van der Waals surface area contributed by atoms with E-state index < -0.39 is 0 Å². The molecular formula is C36H34N4O5. The van der Waals surface area contributed by atoms with Gasteiger partial charge in [-0.15, -0.1) is 0 Å². The van der Waals surface area contributed by atoms with Gasteiger partial charge in [-0.1, -0.05) is 23.8 Å². The van der Waals surface area contributed by atoms with Gasteiger partial charge >= 0.3 is 0 Å². The highest BCUT2D eigenvalue weighted by Crippen LogP contribution is 2.29. The zero-order valence-corrected chi connectivity index (χ0v) is 25.8. The number of aromatic nitrogens is 1. The van der Waals surface area contributed by atoms with Crippen molar-refractivity contribution in [1.29, 1.82) is 0 Å². The highest BCUT2D eigenvalue weighted by Gasteiger charge is 2.16. The molecule has 1 aromatic heterocycles. The van der Waals surface area contributed by atoms with Crippen molar-refractivity contribution in [2.75, 3.05) is 26.1 Å². The van der Waals surface area contributed by atoms with Crippen molar-refractivity contribution in [3.63, 3.8) is 0 Å². The van der Waals surface area contributed by atoms with E-state index in [0.717, 1.165) is 27.8 Å². The zero-order chi connectivity index (χ0) is 31.9. The number of carbonyl (C=O) groups excluding carboxylic acids is 2. The Morgan fingerprint density at radius 2 is 1.60 bits per heavy atom. The molecule has 9 nitrogen and oxygen atoms in total. The number of methoxy groups -OCH3 is 2. The number of fused-ring (bicyclic) bond motifs is 1. The Labute approximate surface area is 261 Å². The lowest BCUT2D eigenvalue weighted by molar-refractivity contribution is 0.0955. The maximum Gasteiger partial charge on any atom is 0.272 e. The summed E-state index contributed by atoms with van der Waals surface area (Å²) in [4.78, 5) is 31.3. The summed E-state index contributed by atoms with van der Waals surface area (Å²) in [7, 11) is 3.05. The van der Waals surface area contributed by atoms with Crippen molar-refractivity contribution in [3.8, 4) is 28.5 Å². The number of nitrogens with zero attached hydrogens (tertiary/aromatic N) is 2. The maximum atomic E-state index is 13.6. The quantitative estimate of drug-likeness (QED) is 0.131. The predicted molar refractivity (Wildman–Crippen MR) is 177 cm³/mol. The molecule has 0 bridgehead atoms. The number of hydrazone groups is 1. The normalized spacial score (nSPS) is 11.2. The van der Waals surface area contributed by atoms with Crippen molar-refractivity contribution >= 4 is 34.1 Å². The molecule has 0 saturated heterocycles. The van der Waals surface area contributed by atoms with Crippen LogP contribution in [0.2, 0.25) is 0 Å². The molecule has 0 aliphatic rings. The standard InChI is InChI=1S/C36H34N4O5/c1-6-45-28-14-11-24(12-15-28)32-21-30(29-18-22(2)10-16-31(29)38-32)36(42)40-39-23(3)25-8-7-9-27(19-25)37-35(41)26-13-17-33(43-4)34(20-26)44-5/h7-21H,6H2,1-5H3,(H,37,41)(H,40,42)/b39-23+. The summed E-state index contributed by atoms with van der Waals surface area (Å²) in [6.07, 6.45) is 0. The maximum absolute atomic E-state index is 13.6. The first-order valence-electron chi connectivity index (χ1n) is 14.4. The van der Waals surface area contributed by atoms with E-state index in [1.165, 1.54) is 14.2 Å². The zero-order valence-electron chi connectivity index (χ0n) is 25.8. The van der Waals surface area contributed by atoms with E-state index in [9.17, 15) is 9.59 Å². The van der Waals surface area contributed by atoms with Gasteiger partial charge in [-0.2, -0.15) is 5.10 Å². The van der Waals surface area contributed by atoms with Crippen molar-refractivity contribution in [1.82, 2.24) is 10.4 Å². The number of benzene rings is 4. The first-order chi connectivity index (χ1) is 21.8. The van der Waals surface area contributed by atoms with Gasteiger partial charge in [-0.3, -0.25) is 9.59 Å². The Bertz CT molecular complexity index is 1900. The SMILES string of the molecule is CCOc1ccc(-c2cc(C(=O)N/N=C(\C)c3cccc(NC(=O)c4ccc(OC)c(OC)c4)c3)c3cc(C)ccc3n2)cc1. The van der Waals surface area contributed by atoms with Gasteiger partial charge < -0.3 is 19.5 Å². The molecule has 4 aromatic carbocycles. The highest BCUT2D eigenvalue weighted by atomic mass is 16.5. The second-order valence-electron chi connectivity index (χ2n) is 10.3. The third-order valence-electron chi connectivity index (χ3n) is 7.18. The topological polar surface area (TPSA) is 111 Å².